The number of benzene rings is 3. The van der Waals surface area contributed by atoms with Gasteiger partial charge < -0.3 is 10.6 Å². The van der Waals surface area contributed by atoms with Crippen molar-refractivity contribution in [1.29, 1.82) is 0 Å². The van der Waals surface area contributed by atoms with Crippen molar-refractivity contribution >= 4 is 34.6 Å². The third-order valence-corrected chi connectivity index (χ3v) is 5.86. The molecule has 2 N–H and O–H groups in total. The third kappa shape index (κ3) is 7.40. The Balaban J connectivity index is 1.52. The minimum absolute atomic E-state index is 0.0267. The summed E-state index contributed by atoms with van der Waals surface area (Å²) in [6.07, 6.45) is -2.30. The minimum Gasteiger partial charge on any atom is -0.362 e. The van der Waals surface area contributed by atoms with Gasteiger partial charge in [-0.1, -0.05) is 42.3 Å². The molecule has 0 fully saturated rings. The second-order valence-corrected chi connectivity index (χ2v) is 8.54. The summed E-state index contributed by atoms with van der Waals surface area (Å²) >= 11 is 10.8. The summed E-state index contributed by atoms with van der Waals surface area (Å²) in [5.41, 5.74) is 1.11. The van der Waals surface area contributed by atoms with Crippen LogP contribution in [-0.4, -0.2) is 11.7 Å². The predicted molar refractivity (Wildman–Crippen MR) is 129 cm³/mol. The van der Waals surface area contributed by atoms with Crippen LogP contribution in [0.3, 0.4) is 0 Å². The van der Waals surface area contributed by atoms with Gasteiger partial charge in [-0.15, -0.1) is 0 Å². The Morgan fingerprint density at radius 1 is 0.853 bits per heavy atom. The molecule has 34 heavy (non-hydrogen) atoms. The van der Waals surface area contributed by atoms with Crippen LogP contribution in [0.5, 0.6) is 0 Å². The van der Waals surface area contributed by atoms with Crippen molar-refractivity contribution in [1.82, 2.24) is 5.32 Å². The second kappa shape index (κ2) is 11.6. The molecule has 0 saturated heterocycles. The van der Waals surface area contributed by atoms with Gasteiger partial charge in [-0.25, -0.2) is 8.78 Å². The Labute approximate surface area is 205 Å². The molecule has 3 rings (SSSR count). The van der Waals surface area contributed by atoms with Gasteiger partial charge in [0.2, 0.25) is 0 Å². The maximum atomic E-state index is 13.4. The molecule has 0 unspecified atom stereocenters. The van der Waals surface area contributed by atoms with E-state index in [4.69, 9.17) is 23.8 Å². The number of nitrogens with one attached hydrogen (secondary N) is 2. The van der Waals surface area contributed by atoms with E-state index in [9.17, 15) is 22.0 Å². The van der Waals surface area contributed by atoms with Crippen molar-refractivity contribution in [2.45, 2.75) is 31.4 Å². The lowest BCUT2D eigenvalue weighted by molar-refractivity contribution is -0.137. The van der Waals surface area contributed by atoms with Crippen molar-refractivity contribution in [2.75, 3.05) is 11.9 Å². The molecule has 0 aromatic heterocycles. The average Bonchev–Trinajstić information content (AvgIpc) is 2.78. The molecule has 0 amide bonds. The molecule has 0 bridgehead atoms. The van der Waals surface area contributed by atoms with Gasteiger partial charge in [0.1, 0.15) is 11.6 Å². The molecule has 0 heterocycles. The highest BCUT2D eigenvalue weighted by Crippen LogP contribution is 2.36. The first-order chi connectivity index (χ1) is 16.1. The van der Waals surface area contributed by atoms with E-state index in [1.807, 2.05) is 0 Å². The normalized spacial score (nSPS) is 11.5. The monoisotopic (exact) mass is 512 g/mol. The third-order valence-electron chi connectivity index (χ3n) is 5.28. The van der Waals surface area contributed by atoms with Crippen molar-refractivity contribution in [3.8, 4) is 0 Å². The summed E-state index contributed by atoms with van der Waals surface area (Å²) in [7, 11) is 0. The van der Waals surface area contributed by atoms with E-state index in [-0.39, 0.29) is 33.4 Å². The molecule has 2 nitrogen and oxygen atoms in total. The summed E-state index contributed by atoms with van der Waals surface area (Å²) < 4.78 is 65.7. The van der Waals surface area contributed by atoms with Gasteiger partial charge in [0.15, 0.2) is 5.11 Å². The summed E-state index contributed by atoms with van der Waals surface area (Å²) in [4.78, 5) is 0. The fourth-order valence-corrected chi connectivity index (χ4v) is 4.03. The Bertz CT molecular complexity index is 1060. The number of hydrogen-bond donors (Lipinski definition) is 2. The molecule has 0 aliphatic heterocycles. The zero-order valence-electron chi connectivity index (χ0n) is 17.9. The lowest BCUT2D eigenvalue weighted by Gasteiger charge is -2.18. The molecule has 180 valence electrons. The van der Waals surface area contributed by atoms with Gasteiger partial charge in [0.05, 0.1) is 10.6 Å². The number of thiocarbonyl (C=S) groups is 1. The van der Waals surface area contributed by atoms with Gasteiger partial charge in [0.25, 0.3) is 0 Å². The predicted octanol–water partition coefficient (Wildman–Crippen LogP) is 7.93. The fourth-order valence-electron chi connectivity index (χ4n) is 3.59. The number of alkyl halides is 3. The summed E-state index contributed by atoms with van der Waals surface area (Å²) in [6, 6.07) is 16.0. The van der Waals surface area contributed by atoms with Crippen LogP contribution in [0.15, 0.2) is 66.7 Å². The largest absolute Gasteiger partial charge is 0.417 e. The van der Waals surface area contributed by atoms with Crippen molar-refractivity contribution in [3.05, 3.63) is 100 Å². The lowest BCUT2D eigenvalue weighted by Crippen LogP contribution is -2.29. The van der Waals surface area contributed by atoms with Crippen LogP contribution in [-0.2, 0) is 6.18 Å². The molecule has 0 saturated carbocycles. The van der Waals surface area contributed by atoms with E-state index < -0.39 is 11.7 Å². The number of halogens is 6. The highest BCUT2D eigenvalue weighted by Gasteiger charge is 2.33. The quantitative estimate of drug-likeness (QED) is 0.182. The molecule has 3 aromatic rings. The van der Waals surface area contributed by atoms with Crippen LogP contribution in [0.1, 0.15) is 41.9 Å². The maximum Gasteiger partial charge on any atom is 0.417 e. The molecule has 0 aliphatic carbocycles. The van der Waals surface area contributed by atoms with Gasteiger partial charge in [-0.2, -0.15) is 13.2 Å². The second-order valence-electron chi connectivity index (χ2n) is 7.72. The zero-order valence-corrected chi connectivity index (χ0v) is 19.5. The fraction of sp³-hybridized carbons (Fsp3) is 0.240. The van der Waals surface area contributed by atoms with Gasteiger partial charge in [-0.3, -0.25) is 0 Å². The highest BCUT2D eigenvalue weighted by atomic mass is 35.5. The Hall–Kier alpha value is -2.71. The number of hydrogen-bond acceptors (Lipinski definition) is 1. The van der Waals surface area contributed by atoms with Crippen LogP contribution >= 0.6 is 23.8 Å². The first kappa shape index (κ1) is 25.9. The van der Waals surface area contributed by atoms with Crippen LogP contribution in [0.2, 0.25) is 5.02 Å². The lowest BCUT2D eigenvalue weighted by atomic mass is 9.87. The molecule has 0 atom stereocenters. The average molecular weight is 513 g/mol. The number of rotatable bonds is 8. The molecule has 3 aromatic carbocycles. The van der Waals surface area contributed by atoms with E-state index in [0.29, 0.717) is 6.54 Å². The standard InChI is InChI=1S/C25H22ClF5N2S/c26-23-13-12-20(15-22(23)25(29,30)31)33-24(34)32-14-2-1-3-21(16-4-8-18(27)9-5-16)17-6-10-19(28)11-7-17/h4-13,15,21H,1-3,14H2,(H2,32,33,34). The van der Waals surface area contributed by atoms with Crippen LogP contribution in [0, 0.1) is 11.6 Å². The molecule has 9 heteroatoms. The minimum atomic E-state index is -4.56. The molecular weight excluding hydrogens is 491 g/mol. The van der Waals surface area contributed by atoms with Crippen molar-refractivity contribution in [3.63, 3.8) is 0 Å². The Kier molecular flexibility index (Phi) is 8.85. The molecular formula is C25H22ClF5N2S. The van der Waals surface area contributed by atoms with E-state index in [2.05, 4.69) is 10.6 Å². The summed E-state index contributed by atoms with van der Waals surface area (Å²) in [5, 5.41) is 5.53. The van der Waals surface area contributed by atoms with Gasteiger partial charge >= 0.3 is 6.18 Å². The summed E-state index contributed by atoms with van der Waals surface area (Å²) in [6.45, 7) is 0.505. The summed E-state index contributed by atoms with van der Waals surface area (Å²) in [5.74, 6) is -0.675. The maximum absolute atomic E-state index is 13.4. The first-order valence-electron chi connectivity index (χ1n) is 10.6. The highest BCUT2D eigenvalue weighted by molar-refractivity contribution is 7.80. The van der Waals surface area contributed by atoms with Crippen LogP contribution in [0.4, 0.5) is 27.6 Å². The van der Waals surface area contributed by atoms with E-state index in [0.717, 1.165) is 36.5 Å². The zero-order chi connectivity index (χ0) is 24.7. The SMILES string of the molecule is Fc1ccc(C(CCCCNC(=S)Nc2ccc(Cl)c(C(F)(F)F)c2)c2ccc(F)cc2)cc1. The van der Waals surface area contributed by atoms with Gasteiger partial charge in [-0.05, 0) is 78.7 Å². The smallest absolute Gasteiger partial charge is 0.362 e. The molecule has 0 aliphatic rings. The van der Waals surface area contributed by atoms with E-state index in [1.54, 1.807) is 24.3 Å². The Morgan fingerprint density at radius 2 is 1.41 bits per heavy atom. The molecule has 0 spiro atoms. The van der Waals surface area contributed by atoms with Gasteiger partial charge in [0, 0.05) is 18.2 Å². The van der Waals surface area contributed by atoms with E-state index >= 15 is 0 Å². The first-order valence-corrected chi connectivity index (χ1v) is 11.3. The van der Waals surface area contributed by atoms with Crippen molar-refractivity contribution in [2.24, 2.45) is 0 Å². The number of unbranched alkanes of at least 4 members (excludes halogenated alkanes) is 1. The number of anilines is 1. The van der Waals surface area contributed by atoms with Crippen LogP contribution < -0.4 is 10.6 Å². The topological polar surface area (TPSA) is 24.1 Å². The molecule has 0 radical (unpaired) electrons. The van der Waals surface area contributed by atoms with Crippen molar-refractivity contribution < 1.29 is 22.0 Å². The van der Waals surface area contributed by atoms with Crippen LogP contribution in [0.25, 0.3) is 0 Å². The Morgan fingerprint density at radius 3 is 1.94 bits per heavy atom. The van der Waals surface area contributed by atoms with E-state index in [1.165, 1.54) is 36.4 Å².